The molecule has 0 radical (unpaired) electrons. The molecule has 0 saturated heterocycles. The Morgan fingerprint density at radius 2 is 1.58 bits per heavy atom. The molecule has 172 valence electrons. The summed E-state index contributed by atoms with van der Waals surface area (Å²) in [6.45, 7) is 0.323. The molecule has 0 heterocycles. The first kappa shape index (κ1) is 23.1. The summed E-state index contributed by atoms with van der Waals surface area (Å²) in [6.07, 6.45) is 0.364. The van der Waals surface area contributed by atoms with Crippen molar-refractivity contribution < 1.29 is 18.0 Å². The molecule has 3 aromatic carbocycles. The van der Waals surface area contributed by atoms with Gasteiger partial charge >= 0.3 is 6.18 Å². The number of benzene rings is 3. The van der Waals surface area contributed by atoms with E-state index in [0.29, 0.717) is 13.0 Å². The van der Waals surface area contributed by atoms with Crippen LogP contribution in [-0.4, -0.2) is 12.5 Å². The zero-order valence-corrected chi connectivity index (χ0v) is 18.3. The van der Waals surface area contributed by atoms with Crippen LogP contribution < -0.4 is 10.6 Å². The molecular formula is C27H27F3N2O. The van der Waals surface area contributed by atoms with Gasteiger partial charge in [0, 0.05) is 12.2 Å². The Kier molecular flexibility index (Phi) is 6.84. The Labute approximate surface area is 192 Å². The molecule has 6 heteroatoms. The van der Waals surface area contributed by atoms with E-state index in [1.807, 2.05) is 36.4 Å². The molecule has 1 aliphatic rings. The lowest BCUT2D eigenvalue weighted by molar-refractivity contribution is -0.137. The molecule has 0 spiro atoms. The summed E-state index contributed by atoms with van der Waals surface area (Å²) < 4.78 is 38.6. The van der Waals surface area contributed by atoms with E-state index in [-0.39, 0.29) is 5.91 Å². The van der Waals surface area contributed by atoms with Crippen molar-refractivity contribution in [1.82, 2.24) is 0 Å². The van der Waals surface area contributed by atoms with Crippen LogP contribution in [-0.2, 0) is 30.2 Å². The van der Waals surface area contributed by atoms with Gasteiger partial charge in [0.15, 0.2) is 0 Å². The normalized spacial score (nSPS) is 14.4. The van der Waals surface area contributed by atoms with E-state index in [1.165, 1.54) is 29.7 Å². The van der Waals surface area contributed by atoms with Gasteiger partial charge in [0.1, 0.15) is 6.04 Å². The number of anilines is 1. The summed E-state index contributed by atoms with van der Waals surface area (Å²) in [5.41, 5.74) is 10.4. The number of aryl methyl sites for hydroxylation is 2. The highest BCUT2D eigenvalue weighted by atomic mass is 19.4. The number of hydrogen-bond acceptors (Lipinski definition) is 2. The second-order valence-corrected chi connectivity index (χ2v) is 8.48. The van der Waals surface area contributed by atoms with Gasteiger partial charge in [0.25, 0.3) is 0 Å². The minimum absolute atomic E-state index is 0.233. The third-order valence-corrected chi connectivity index (χ3v) is 6.24. The van der Waals surface area contributed by atoms with Crippen LogP contribution in [0.2, 0.25) is 0 Å². The van der Waals surface area contributed by atoms with Gasteiger partial charge in [-0.25, -0.2) is 0 Å². The lowest BCUT2D eigenvalue weighted by atomic mass is 9.91. The Bertz CT molecular complexity index is 1090. The molecule has 1 amide bonds. The van der Waals surface area contributed by atoms with Crippen molar-refractivity contribution >= 4 is 11.6 Å². The summed E-state index contributed by atoms with van der Waals surface area (Å²) in [5.74, 6) is -0.233. The SMILES string of the molecule is NC(C(=O)N(CCc1ccc(C(F)(F)F)cc1)c1ccc2c(c1)CCCC2)c1ccccc1. The number of nitrogens with zero attached hydrogens (tertiary/aromatic N) is 1. The number of alkyl halides is 3. The second-order valence-electron chi connectivity index (χ2n) is 8.48. The molecule has 1 atom stereocenters. The van der Waals surface area contributed by atoms with Crippen LogP contribution in [0.4, 0.5) is 18.9 Å². The van der Waals surface area contributed by atoms with Gasteiger partial charge in [-0.2, -0.15) is 13.2 Å². The number of rotatable bonds is 6. The fraction of sp³-hybridized carbons (Fsp3) is 0.296. The van der Waals surface area contributed by atoms with Crippen LogP contribution in [0, 0.1) is 0 Å². The fourth-order valence-electron chi connectivity index (χ4n) is 4.33. The maximum Gasteiger partial charge on any atom is 0.416 e. The van der Waals surface area contributed by atoms with Crippen molar-refractivity contribution in [3.63, 3.8) is 0 Å². The number of halogens is 3. The van der Waals surface area contributed by atoms with E-state index in [2.05, 4.69) is 12.1 Å². The molecule has 1 unspecified atom stereocenters. The standard InChI is InChI=1S/C27H27F3N2O/c28-27(29,30)23-13-10-19(11-14-23)16-17-32(26(33)25(31)21-7-2-1-3-8-21)24-15-12-20-6-4-5-9-22(20)18-24/h1-3,7-8,10-15,18,25H,4-6,9,16-17,31H2. The van der Waals surface area contributed by atoms with E-state index >= 15 is 0 Å². The summed E-state index contributed by atoms with van der Waals surface area (Å²) >= 11 is 0. The second kappa shape index (κ2) is 9.79. The molecule has 0 bridgehead atoms. The Morgan fingerprint density at radius 1 is 0.909 bits per heavy atom. The van der Waals surface area contributed by atoms with Crippen LogP contribution in [0.3, 0.4) is 0 Å². The fourth-order valence-corrected chi connectivity index (χ4v) is 4.33. The van der Waals surface area contributed by atoms with E-state index in [1.54, 1.807) is 4.90 Å². The van der Waals surface area contributed by atoms with Crippen molar-refractivity contribution in [2.45, 2.75) is 44.3 Å². The Hall–Kier alpha value is -3.12. The maximum atomic E-state index is 13.5. The number of nitrogens with two attached hydrogens (primary N) is 1. The number of fused-ring (bicyclic) bond motifs is 1. The lowest BCUT2D eigenvalue weighted by Crippen LogP contribution is -2.40. The molecule has 0 aliphatic heterocycles. The minimum Gasteiger partial charge on any atom is -0.316 e. The number of hydrogen-bond donors (Lipinski definition) is 1. The molecule has 3 aromatic rings. The third-order valence-electron chi connectivity index (χ3n) is 6.24. The van der Waals surface area contributed by atoms with E-state index in [9.17, 15) is 18.0 Å². The molecule has 1 aliphatic carbocycles. The van der Waals surface area contributed by atoms with E-state index < -0.39 is 17.8 Å². The molecular weight excluding hydrogens is 425 g/mol. The van der Waals surface area contributed by atoms with Crippen LogP contribution in [0.15, 0.2) is 72.8 Å². The van der Waals surface area contributed by atoms with Crippen LogP contribution in [0.25, 0.3) is 0 Å². The smallest absolute Gasteiger partial charge is 0.316 e. The molecule has 0 saturated carbocycles. The number of carbonyl (C=O) groups excluding carboxylic acids is 1. The third kappa shape index (κ3) is 5.45. The summed E-state index contributed by atoms with van der Waals surface area (Å²) in [6, 6.07) is 19.6. The van der Waals surface area contributed by atoms with Gasteiger partial charge in [-0.15, -0.1) is 0 Å². The van der Waals surface area contributed by atoms with E-state index in [0.717, 1.165) is 48.2 Å². The molecule has 33 heavy (non-hydrogen) atoms. The quantitative estimate of drug-likeness (QED) is 0.509. The number of carbonyl (C=O) groups is 1. The van der Waals surface area contributed by atoms with Gasteiger partial charge in [-0.05, 0) is 78.6 Å². The van der Waals surface area contributed by atoms with Crippen LogP contribution in [0.5, 0.6) is 0 Å². The van der Waals surface area contributed by atoms with Crippen molar-refractivity contribution in [1.29, 1.82) is 0 Å². The largest absolute Gasteiger partial charge is 0.416 e. The highest BCUT2D eigenvalue weighted by Gasteiger charge is 2.30. The van der Waals surface area contributed by atoms with Crippen LogP contribution >= 0.6 is 0 Å². The number of amides is 1. The van der Waals surface area contributed by atoms with Gasteiger partial charge in [-0.1, -0.05) is 48.5 Å². The first-order chi connectivity index (χ1) is 15.8. The first-order valence-electron chi connectivity index (χ1n) is 11.2. The monoisotopic (exact) mass is 452 g/mol. The van der Waals surface area contributed by atoms with Crippen LogP contribution in [0.1, 0.15) is 46.7 Å². The van der Waals surface area contributed by atoms with Crippen molar-refractivity contribution in [2.75, 3.05) is 11.4 Å². The average molecular weight is 453 g/mol. The van der Waals surface area contributed by atoms with Crippen molar-refractivity contribution in [2.24, 2.45) is 5.73 Å². The van der Waals surface area contributed by atoms with Gasteiger partial charge in [0.2, 0.25) is 5.91 Å². The topological polar surface area (TPSA) is 46.3 Å². The lowest BCUT2D eigenvalue weighted by Gasteiger charge is -2.28. The maximum absolute atomic E-state index is 13.5. The Morgan fingerprint density at radius 3 is 2.24 bits per heavy atom. The van der Waals surface area contributed by atoms with Crippen molar-refractivity contribution in [3.8, 4) is 0 Å². The summed E-state index contributed by atoms with van der Waals surface area (Å²) in [7, 11) is 0. The van der Waals surface area contributed by atoms with Gasteiger partial charge in [-0.3, -0.25) is 4.79 Å². The molecule has 4 rings (SSSR count). The molecule has 2 N–H and O–H groups in total. The van der Waals surface area contributed by atoms with Crippen molar-refractivity contribution in [3.05, 3.63) is 101 Å². The first-order valence-corrected chi connectivity index (χ1v) is 11.2. The minimum atomic E-state index is -4.37. The predicted octanol–water partition coefficient (Wildman–Crippen LogP) is 5.86. The summed E-state index contributed by atoms with van der Waals surface area (Å²) in [4.78, 5) is 15.1. The summed E-state index contributed by atoms with van der Waals surface area (Å²) in [5, 5.41) is 0. The Balaban J connectivity index is 1.59. The highest BCUT2D eigenvalue weighted by Crippen LogP contribution is 2.30. The molecule has 0 aromatic heterocycles. The van der Waals surface area contributed by atoms with Gasteiger partial charge in [0.05, 0.1) is 5.56 Å². The molecule has 0 fully saturated rings. The molecule has 3 nitrogen and oxygen atoms in total. The predicted molar refractivity (Wildman–Crippen MR) is 124 cm³/mol. The van der Waals surface area contributed by atoms with E-state index in [4.69, 9.17) is 5.73 Å². The van der Waals surface area contributed by atoms with Gasteiger partial charge < -0.3 is 10.6 Å². The average Bonchev–Trinajstić information content (AvgIpc) is 2.83. The highest BCUT2D eigenvalue weighted by molar-refractivity contribution is 5.97. The zero-order valence-electron chi connectivity index (χ0n) is 18.3. The zero-order chi connectivity index (χ0) is 23.4.